The molecule has 1 fully saturated rings. The summed E-state index contributed by atoms with van der Waals surface area (Å²) in [6, 6.07) is 8.07. The van der Waals surface area contributed by atoms with Crippen LogP contribution in [0.2, 0.25) is 0 Å². The second-order valence-electron chi connectivity index (χ2n) is 6.49. The molecule has 3 rings (SSSR count). The lowest BCUT2D eigenvalue weighted by atomic mass is 10.1. The number of aromatic nitrogens is 1. The lowest BCUT2D eigenvalue weighted by Gasteiger charge is -2.35. The van der Waals surface area contributed by atoms with Crippen LogP contribution in [-0.4, -0.2) is 68.5 Å². The van der Waals surface area contributed by atoms with E-state index in [0.29, 0.717) is 50.8 Å². The van der Waals surface area contributed by atoms with Gasteiger partial charge in [0.25, 0.3) is 0 Å². The Morgan fingerprint density at radius 3 is 2.66 bits per heavy atom. The summed E-state index contributed by atoms with van der Waals surface area (Å²) in [7, 11) is -1.74. The van der Waals surface area contributed by atoms with Crippen LogP contribution in [-0.2, 0) is 22.2 Å². The zero-order chi connectivity index (χ0) is 20.0. The van der Waals surface area contributed by atoms with E-state index in [1.165, 1.54) is 22.7 Å². The van der Waals surface area contributed by atoms with Gasteiger partial charge in [-0.15, -0.1) is 24.0 Å². The topological polar surface area (TPSA) is 91.0 Å². The number of piperazine rings is 1. The van der Waals surface area contributed by atoms with Crippen LogP contribution in [0.3, 0.4) is 0 Å². The van der Waals surface area contributed by atoms with Gasteiger partial charge in [0, 0.05) is 45.8 Å². The molecule has 8 nitrogen and oxygen atoms in total. The van der Waals surface area contributed by atoms with Gasteiger partial charge in [0.05, 0.1) is 5.69 Å². The SMILES string of the molecule is CN=C(NCCc1cccc(F)c1)N1CCN(S(=O)(=O)Cc2ccon2)CC1.I. The Kier molecular flexibility index (Phi) is 8.83. The smallest absolute Gasteiger partial charge is 0.220 e. The first-order valence-corrected chi connectivity index (χ1v) is 10.7. The standard InChI is InChI=1S/C18H24FN5O3S.HI/c1-20-18(21-7-5-15-3-2-4-16(19)13-15)23-8-10-24(11-9-23)28(25,26)14-17-6-12-27-22-17;/h2-4,6,12-13H,5,7-11,14H2,1H3,(H,20,21);1H. The van der Waals surface area contributed by atoms with Gasteiger partial charge in [0.15, 0.2) is 5.96 Å². The van der Waals surface area contributed by atoms with Crippen LogP contribution in [0, 0.1) is 5.82 Å². The highest BCUT2D eigenvalue weighted by Crippen LogP contribution is 2.13. The van der Waals surface area contributed by atoms with Crippen LogP contribution in [0.15, 0.2) is 46.1 Å². The maximum atomic E-state index is 13.2. The second-order valence-corrected chi connectivity index (χ2v) is 8.46. The van der Waals surface area contributed by atoms with Crippen molar-refractivity contribution in [3.05, 3.63) is 53.7 Å². The molecule has 1 aliphatic rings. The van der Waals surface area contributed by atoms with Gasteiger partial charge in [-0.1, -0.05) is 17.3 Å². The molecule has 1 aliphatic heterocycles. The van der Waals surface area contributed by atoms with Crippen LogP contribution in [0.5, 0.6) is 0 Å². The Balaban J connectivity index is 0.00000300. The summed E-state index contributed by atoms with van der Waals surface area (Å²) in [4.78, 5) is 6.30. The number of guanidine groups is 1. The molecule has 160 valence electrons. The first-order valence-electron chi connectivity index (χ1n) is 9.05. The number of aliphatic imine (C=N–C) groups is 1. The molecule has 29 heavy (non-hydrogen) atoms. The number of rotatable bonds is 6. The van der Waals surface area contributed by atoms with Crippen LogP contribution >= 0.6 is 24.0 Å². The van der Waals surface area contributed by atoms with Gasteiger partial charge < -0.3 is 14.7 Å². The van der Waals surface area contributed by atoms with Gasteiger partial charge >= 0.3 is 0 Å². The van der Waals surface area contributed by atoms with Crippen molar-refractivity contribution in [1.82, 2.24) is 19.7 Å². The Labute approximate surface area is 187 Å². The lowest BCUT2D eigenvalue weighted by molar-refractivity contribution is 0.260. The minimum Gasteiger partial charge on any atom is -0.364 e. The third kappa shape index (κ3) is 6.64. The molecule has 1 saturated heterocycles. The maximum absolute atomic E-state index is 13.2. The van der Waals surface area contributed by atoms with Crippen molar-refractivity contribution in [2.24, 2.45) is 4.99 Å². The fourth-order valence-electron chi connectivity index (χ4n) is 3.11. The Hall–Kier alpha value is -1.73. The number of hydrogen-bond donors (Lipinski definition) is 1. The third-order valence-electron chi connectivity index (χ3n) is 4.55. The number of halogens is 2. The van der Waals surface area contributed by atoms with E-state index >= 15 is 0 Å². The van der Waals surface area contributed by atoms with Crippen molar-refractivity contribution in [2.75, 3.05) is 39.8 Å². The third-order valence-corrected chi connectivity index (χ3v) is 6.36. The monoisotopic (exact) mass is 537 g/mol. The molecule has 0 amide bonds. The van der Waals surface area contributed by atoms with Gasteiger partial charge in [-0.2, -0.15) is 4.31 Å². The molecule has 0 spiro atoms. The molecule has 11 heteroatoms. The maximum Gasteiger partial charge on any atom is 0.220 e. The summed E-state index contributed by atoms with van der Waals surface area (Å²) >= 11 is 0. The molecular formula is C18H25FIN5O3S. The average Bonchev–Trinajstić information content (AvgIpc) is 3.18. The first-order chi connectivity index (χ1) is 13.5. The van der Waals surface area contributed by atoms with Crippen LogP contribution in [0.1, 0.15) is 11.3 Å². The molecule has 1 aromatic heterocycles. The van der Waals surface area contributed by atoms with E-state index in [1.807, 2.05) is 11.0 Å². The van der Waals surface area contributed by atoms with Crippen molar-refractivity contribution in [3.63, 3.8) is 0 Å². The molecule has 0 aliphatic carbocycles. The van der Waals surface area contributed by atoms with Crippen molar-refractivity contribution in [2.45, 2.75) is 12.2 Å². The van der Waals surface area contributed by atoms with E-state index in [4.69, 9.17) is 4.52 Å². The minimum absolute atomic E-state index is 0. The summed E-state index contributed by atoms with van der Waals surface area (Å²) in [6.07, 6.45) is 2.03. The minimum atomic E-state index is -3.43. The largest absolute Gasteiger partial charge is 0.364 e. The quantitative estimate of drug-likeness (QED) is 0.343. The van der Waals surface area contributed by atoms with Crippen molar-refractivity contribution in [1.29, 1.82) is 0 Å². The molecule has 0 bridgehead atoms. The van der Waals surface area contributed by atoms with Gasteiger partial charge in [0.1, 0.15) is 17.8 Å². The Bertz CT molecular complexity index is 900. The Morgan fingerprint density at radius 1 is 1.28 bits per heavy atom. The van der Waals surface area contributed by atoms with E-state index in [1.54, 1.807) is 19.2 Å². The van der Waals surface area contributed by atoms with Crippen molar-refractivity contribution in [3.8, 4) is 0 Å². The van der Waals surface area contributed by atoms with Gasteiger partial charge in [0.2, 0.25) is 10.0 Å². The predicted molar refractivity (Wildman–Crippen MR) is 119 cm³/mol. The lowest BCUT2D eigenvalue weighted by Crippen LogP contribution is -2.54. The summed E-state index contributed by atoms with van der Waals surface area (Å²) in [6.45, 7) is 2.45. The van der Waals surface area contributed by atoms with E-state index < -0.39 is 10.0 Å². The second kappa shape index (κ2) is 10.9. The molecule has 1 aromatic carbocycles. The van der Waals surface area contributed by atoms with Crippen LogP contribution in [0.25, 0.3) is 0 Å². The zero-order valence-electron chi connectivity index (χ0n) is 16.1. The zero-order valence-corrected chi connectivity index (χ0v) is 19.3. The Morgan fingerprint density at radius 2 is 2.03 bits per heavy atom. The predicted octanol–water partition coefficient (Wildman–Crippen LogP) is 1.70. The highest BCUT2D eigenvalue weighted by Gasteiger charge is 2.28. The average molecular weight is 537 g/mol. The molecular weight excluding hydrogens is 512 g/mol. The van der Waals surface area contributed by atoms with E-state index in [0.717, 1.165) is 5.56 Å². The normalized spacial score (nSPS) is 15.8. The molecule has 0 saturated carbocycles. The van der Waals surface area contributed by atoms with Crippen LogP contribution < -0.4 is 5.32 Å². The van der Waals surface area contributed by atoms with Gasteiger partial charge in [-0.3, -0.25) is 4.99 Å². The molecule has 0 radical (unpaired) electrons. The summed E-state index contributed by atoms with van der Waals surface area (Å²) in [5.74, 6) is 0.305. The molecule has 0 unspecified atom stereocenters. The van der Waals surface area contributed by atoms with Crippen molar-refractivity contribution < 1.29 is 17.3 Å². The summed E-state index contributed by atoms with van der Waals surface area (Å²) in [5, 5.41) is 6.93. The number of hydrogen-bond acceptors (Lipinski definition) is 5. The number of nitrogens with zero attached hydrogens (tertiary/aromatic N) is 4. The van der Waals surface area contributed by atoms with E-state index in [2.05, 4.69) is 15.5 Å². The molecule has 2 aromatic rings. The van der Waals surface area contributed by atoms with Gasteiger partial charge in [-0.05, 0) is 24.1 Å². The molecule has 2 heterocycles. The molecule has 1 N–H and O–H groups in total. The highest BCUT2D eigenvalue weighted by molar-refractivity contribution is 14.0. The van der Waals surface area contributed by atoms with E-state index in [9.17, 15) is 12.8 Å². The van der Waals surface area contributed by atoms with Crippen molar-refractivity contribution >= 4 is 40.0 Å². The molecule has 0 atom stereocenters. The number of nitrogens with one attached hydrogen (secondary N) is 1. The summed E-state index contributed by atoms with van der Waals surface area (Å²) < 4.78 is 44.4. The van der Waals surface area contributed by atoms with E-state index in [-0.39, 0.29) is 35.5 Å². The fraction of sp³-hybridized carbons (Fsp3) is 0.444. The van der Waals surface area contributed by atoms with Gasteiger partial charge in [-0.25, -0.2) is 12.8 Å². The number of sulfonamides is 1. The highest BCUT2D eigenvalue weighted by atomic mass is 127. The fourth-order valence-corrected chi connectivity index (χ4v) is 4.54. The summed E-state index contributed by atoms with van der Waals surface area (Å²) in [5.41, 5.74) is 1.31. The first kappa shape index (κ1) is 23.5. The van der Waals surface area contributed by atoms with Crippen LogP contribution in [0.4, 0.5) is 4.39 Å². The number of benzene rings is 1.